The van der Waals surface area contributed by atoms with Crippen molar-refractivity contribution in [1.29, 1.82) is 0 Å². The number of fused-ring (bicyclic) bond motifs is 1. The van der Waals surface area contributed by atoms with Gasteiger partial charge in [0.25, 0.3) is 10.0 Å². The Hall–Kier alpha value is -2.12. The number of hydrogen-bond acceptors (Lipinski definition) is 3. The lowest BCUT2D eigenvalue weighted by Gasteiger charge is -2.31. The summed E-state index contributed by atoms with van der Waals surface area (Å²) in [6, 6.07) is 10.0. The molecule has 0 atom stereocenters. The second-order valence-corrected chi connectivity index (χ2v) is 9.58. The van der Waals surface area contributed by atoms with Crippen LogP contribution in [0, 0.1) is 11.2 Å². The topological polar surface area (TPSA) is 66.5 Å². The quantitative estimate of drug-likeness (QED) is 0.732. The maximum absolute atomic E-state index is 13.2. The third kappa shape index (κ3) is 4.00. The number of benzene rings is 2. The third-order valence-corrected chi connectivity index (χ3v) is 7.27. The summed E-state index contributed by atoms with van der Waals surface area (Å²) in [5.41, 5.74) is 1.16. The van der Waals surface area contributed by atoms with Crippen LogP contribution in [0.4, 0.5) is 15.8 Å². The molecule has 1 aliphatic heterocycles. The van der Waals surface area contributed by atoms with Crippen molar-refractivity contribution < 1.29 is 17.6 Å². The van der Waals surface area contributed by atoms with E-state index >= 15 is 0 Å². The van der Waals surface area contributed by atoms with E-state index in [0.717, 1.165) is 24.1 Å². The normalized spacial score (nSPS) is 14.5. The largest absolute Gasteiger partial charge is 0.326 e. The summed E-state index contributed by atoms with van der Waals surface area (Å²) in [4.78, 5) is 12.4. The first-order valence-electron chi connectivity index (χ1n) is 8.94. The molecule has 0 saturated heterocycles. The first kappa shape index (κ1) is 20.6. The molecule has 0 fully saturated rings. The number of halogens is 2. The Labute approximate surface area is 169 Å². The molecule has 3 rings (SSSR count). The molecule has 1 aliphatic rings. The molecule has 0 bridgehead atoms. The molecular formula is C20H22ClFN2O3S. The highest BCUT2D eigenvalue weighted by atomic mass is 35.5. The van der Waals surface area contributed by atoms with Crippen LogP contribution in [-0.4, -0.2) is 26.7 Å². The molecule has 1 N–H and O–H groups in total. The summed E-state index contributed by atoms with van der Waals surface area (Å²) in [7, 11) is -3.84. The molecule has 5 nitrogen and oxygen atoms in total. The summed E-state index contributed by atoms with van der Waals surface area (Å²) in [6.07, 6.45) is 1.42. The van der Waals surface area contributed by atoms with E-state index in [2.05, 4.69) is 5.32 Å². The number of rotatable bonds is 5. The lowest BCUT2D eigenvalue weighted by molar-refractivity contribution is -0.122. The van der Waals surface area contributed by atoms with Crippen LogP contribution in [0.5, 0.6) is 0 Å². The Morgan fingerprint density at radius 3 is 2.54 bits per heavy atom. The smallest absolute Gasteiger partial charge is 0.264 e. The summed E-state index contributed by atoms with van der Waals surface area (Å²) in [6.45, 7) is 3.79. The number of aryl methyl sites for hydroxylation is 1. The minimum absolute atomic E-state index is 0.0273. The molecule has 0 spiro atoms. The Bertz CT molecular complexity index is 991. The zero-order valence-electron chi connectivity index (χ0n) is 15.7. The van der Waals surface area contributed by atoms with Gasteiger partial charge in [0.1, 0.15) is 5.82 Å². The van der Waals surface area contributed by atoms with Crippen molar-refractivity contribution in [2.75, 3.05) is 22.0 Å². The first-order valence-corrected chi connectivity index (χ1v) is 10.9. The van der Waals surface area contributed by atoms with Crippen LogP contribution >= 0.6 is 11.6 Å². The maximum Gasteiger partial charge on any atom is 0.264 e. The fourth-order valence-corrected chi connectivity index (χ4v) is 4.62. The van der Waals surface area contributed by atoms with Crippen molar-refractivity contribution >= 4 is 38.9 Å². The monoisotopic (exact) mass is 424 g/mol. The van der Waals surface area contributed by atoms with Gasteiger partial charge in [0.15, 0.2) is 0 Å². The number of anilines is 2. The van der Waals surface area contributed by atoms with Crippen LogP contribution in [0.15, 0.2) is 47.4 Å². The van der Waals surface area contributed by atoms with Gasteiger partial charge >= 0.3 is 0 Å². The number of amides is 1. The maximum atomic E-state index is 13.2. The molecule has 0 unspecified atom stereocenters. The standard InChI is InChI=1S/C20H22ClFN2O3S/c1-20(2,13-21)19(25)23-16-8-5-14-4-3-11-24(18(14)12-16)28(26,27)17-9-6-15(22)7-10-17/h5-10,12H,3-4,11,13H2,1-2H3,(H,23,25). The van der Waals surface area contributed by atoms with Crippen LogP contribution < -0.4 is 9.62 Å². The van der Waals surface area contributed by atoms with Gasteiger partial charge < -0.3 is 5.32 Å². The fourth-order valence-electron chi connectivity index (χ4n) is 2.96. The second-order valence-electron chi connectivity index (χ2n) is 7.45. The average Bonchev–Trinajstić information content (AvgIpc) is 2.67. The SMILES string of the molecule is CC(C)(CCl)C(=O)Nc1ccc2c(c1)N(S(=O)(=O)c1ccc(F)cc1)CCC2. The van der Waals surface area contributed by atoms with Crippen LogP contribution in [0.1, 0.15) is 25.8 Å². The average molecular weight is 425 g/mol. The van der Waals surface area contributed by atoms with Gasteiger partial charge in [-0.1, -0.05) is 6.07 Å². The zero-order valence-corrected chi connectivity index (χ0v) is 17.3. The third-order valence-electron chi connectivity index (χ3n) is 4.77. The number of alkyl halides is 1. The number of hydrogen-bond donors (Lipinski definition) is 1. The molecule has 2 aromatic rings. The van der Waals surface area contributed by atoms with Crippen LogP contribution in [0.2, 0.25) is 0 Å². The molecule has 1 heterocycles. The Morgan fingerprint density at radius 1 is 1.21 bits per heavy atom. The number of carbonyl (C=O) groups is 1. The van der Waals surface area contributed by atoms with Crippen LogP contribution in [0.3, 0.4) is 0 Å². The van der Waals surface area contributed by atoms with E-state index in [1.54, 1.807) is 26.0 Å². The molecule has 8 heteroatoms. The summed E-state index contributed by atoms with van der Waals surface area (Å²) in [5, 5.41) is 2.81. The van der Waals surface area contributed by atoms with E-state index in [1.165, 1.54) is 16.4 Å². The van der Waals surface area contributed by atoms with Gasteiger partial charge in [-0.3, -0.25) is 9.10 Å². The van der Waals surface area contributed by atoms with E-state index in [1.807, 2.05) is 6.07 Å². The van der Waals surface area contributed by atoms with Gasteiger partial charge in [0.2, 0.25) is 5.91 Å². The van der Waals surface area contributed by atoms with Crippen molar-refractivity contribution in [2.24, 2.45) is 5.41 Å². The predicted octanol–water partition coefficient (Wildman–Crippen LogP) is 4.17. The lowest BCUT2D eigenvalue weighted by atomic mass is 9.95. The highest BCUT2D eigenvalue weighted by molar-refractivity contribution is 7.92. The summed E-state index contributed by atoms with van der Waals surface area (Å²) >= 11 is 5.86. The van der Waals surface area contributed by atoms with E-state index in [-0.39, 0.29) is 16.7 Å². The lowest BCUT2D eigenvalue weighted by Crippen LogP contribution is -2.36. The molecule has 0 aliphatic carbocycles. The molecular weight excluding hydrogens is 403 g/mol. The van der Waals surface area contributed by atoms with Gasteiger partial charge in [-0.15, -0.1) is 11.6 Å². The fraction of sp³-hybridized carbons (Fsp3) is 0.350. The number of sulfonamides is 1. The molecule has 0 saturated carbocycles. The van der Waals surface area contributed by atoms with Crippen LogP contribution in [0.25, 0.3) is 0 Å². The molecule has 2 aromatic carbocycles. The van der Waals surface area contributed by atoms with E-state index in [4.69, 9.17) is 11.6 Å². The molecule has 150 valence electrons. The van der Waals surface area contributed by atoms with E-state index in [9.17, 15) is 17.6 Å². The van der Waals surface area contributed by atoms with Gasteiger partial charge in [-0.2, -0.15) is 0 Å². The zero-order chi connectivity index (χ0) is 20.5. The van der Waals surface area contributed by atoms with Crippen molar-refractivity contribution in [3.8, 4) is 0 Å². The highest BCUT2D eigenvalue weighted by Gasteiger charge is 2.30. The second kappa shape index (κ2) is 7.72. The van der Waals surface area contributed by atoms with E-state index in [0.29, 0.717) is 24.3 Å². The molecule has 28 heavy (non-hydrogen) atoms. The van der Waals surface area contributed by atoms with Gasteiger partial charge in [0.05, 0.1) is 16.0 Å². The molecule has 0 aromatic heterocycles. The number of nitrogens with one attached hydrogen (secondary N) is 1. The Morgan fingerprint density at radius 2 is 1.89 bits per heavy atom. The number of carbonyl (C=O) groups excluding carboxylic acids is 1. The highest BCUT2D eigenvalue weighted by Crippen LogP contribution is 2.34. The van der Waals surface area contributed by atoms with Gasteiger partial charge in [0, 0.05) is 18.1 Å². The van der Waals surface area contributed by atoms with Gasteiger partial charge in [-0.05, 0) is 68.7 Å². The van der Waals surface area contributed by atoms with Crippen molar-refractivity contribution in [2.45, 2.75) is 31.6 Å². The molecule has 1 amide bonds. The first-order chi connectivity index (χ1) is 13.1. The molecule has 0 radical (unpaired) electrons. The van der Waals surface area contributed by atoms with Gasteiger partial charge in [-0.25, -0.2) is 12.8 Å². The summed E-state index contributed by atoms with van der Waals surface area (Å²) < 4.78 is 40.7. The van der Waals surface area contributed by atoms with E-state index < -0.39 is 21.3 Å². The minimum Gasteiger partial charge on any atom is -0.326 e. The van der Waals surface area contributed by atoms with Crippen LogP contribution in [-0.2, 0) is 21.2 Å². The van der Waals surface area contributed by atoms with Crippen molar-refractivity contribution in [3.63, 3.8) is 0 Å². The number of nitrogens with zero attached hydrogens (tertiary/aromatic N) is 1. The minimum atomic E-state index is -3.84. The predicted molar refractivity (Wildman–Crippen MR) is 109 cm³/mol. The van der Waals surface area contributed by atoms with Crippen molar-refractivity contribution in [3.05, 3.63) is 53.8 Å². The Kier molecular flexibility index (Phi) is 5.68. The summed E-state index contributed by atoms with van der Waals surface area (Å²) in [5.74, 6) is -0.578. The van der Waals surface area contributed by atoms with Crippen molar-refractivity contribution in [1.82, 2.24) is 0 Å². The Balaban J connectivity index is 1.96.